The molecular weight excluding hydrogens is 246 g/mol. The number of hydrogen-bond donors (Lipinski definition) is 1. The summed E-state index contributed by atoms with van der Waals surface area (Å²) in [6, 6.07) is 14.6. The molecule has 3 nitrogen and oxygen atoms in total. The first-order valence-corrected chi connectivity index (χ1v) is 6.97. The van der Waals surface area contributed by atoms with Gasteiger partial charge in [0.2, 0.25) is 0 Å². The van der Waals surface area contributed by atoms with Crippen LogP contribution in [0.5, 0.6) is 0 Å². The third-order valence-corrected chi connectivity index (χ3v) is 3.72. The van der Waals surface area contributed by atoms with Crippen LogP contribution in [0.15, 0.2) is 54.9 Å². The van der Waals surface area contributed by atoms with Gasteiger partial charge in [0.25, 0.3) is 0 Å². The van der Waals surface area contributed by atoms with Gasteiger partial charge < -0.3 is 10.6 Å². The predicted octanol–water partition coefficient (Wildman–Crippen LogP) is 2.43. The summed E-state index contributed by atoms with van der Waals surface area (Å²) in [6.45, 7) is 4.66. The minimum Gasteiger partial charge on any atom is -0.330 e. The SMILES string of the molecule is CN(Cc1cccnc1)CC(C)(CN)c1ccccc1. The van der Waals surface area contributed by atoms with Gasteiger partial charge in [-0.1, -0.05) is 43.3 Å². The van der Waals surface area contributed by atoms with Crippen molar-refractivity contribution in [3.8, 4) is 0 Å². The molecule has 106 valence electrons. The fraction of sp³-hybridized carbons (Fsp3) is 0.353. The van der Waals surface area contributed by atoms with Crippen LogP contribution < -0.4 is 5.73 Å². The van der Waals surface area contributed by atoms with Crippen molar-refractivity contribution in [3.63, 3.8) is 0 Å². The van der Waals surface area contributed by atoms with E-state index < -0.39 is 0 Å². The molecule has 0 aliphatic heterocycles. The summed E-state index contributed by atoms with van der Waals surface area (Å²) in [6.07, 6.45) is 3.72. The molecule has 1 heterocycles. The summed E-state index contributed by atoms with van der Waals surface area (Å²) in [5, 5.41) is 0. The third kappa shape index (κ3) is 3.65. The van der Waals surface area contributed by atoms with Crippen LogP contribution in [0.25, 0.3) is 0 Å². The van der Waals surface area contributed by atoms with Gasteiger partial charge in [0.05, 0.1) is 0 Å². The highest BCUT2D eigenvalue weighted by atomic mass is 15.1. The highest BCUT2D eigenvalue weighted by Gasteiger charge is 2.26. The van der Waals surface area contributed by atoms with Crippen LogP contribution in [-0.2, 0) is 12.0 Å². The molecule has 2 aromatic rings. The molecule has 20 heavy (non-hydrogen) atoms. The number of nitrogens with zero attached hydrogens (tertiary/aromatic N) is 2. The van der Waals surface area contributed by atoms with Crippen molar-refractivity contribution in [2.75, 3.05) is 20.1 Å². The first kappa shape index (κ1) is 14.7. The Balaban J connectivity index is 2.06. The number of aromatic nitrogens is 1. The van der Waals surface area contributed by atoms with E-state index in [1.807, 2.05) is 18.3 Å². The maximum absolute atomic E-state index is 6.04. The van der Waals surface area contributed by atoms with Gasteiger partial charge in [0.15, 0.2) is 0 Å². The smallest absolute Gasteiger partial charge is 0.0312 e. The van der Waals surface area contributed by atoms with Crippen LogP contribution in [0, 0.1) is 0 Å². The van der Waals surface area contributed by atoms with E-state index in [-0.39, 0.29) is 5.41 Å². The van der Waals surface area contributed by atoms with Crippen LogP contribution >= 0.6 is 0 Å². The highest BCUT2D eigenvalue weighted by Crippen LogP contribution is 2.23. The predicted molar refractivity (Wildman–Crippen MR) is 83.4 cm³/mol. The summed E-state index contributed by atoms with van der Waals surface area (Å²) in [5.74, 6) is 0. The van der Waals surface area contributed by atoms with Crippen molar-refractivity contribution >= 4 is 0 Å². The Morgan fingerprint density at radius 2 is 1.90 bits per heavy atom. The second-order valence-corrected chi connectivity index (χ2v) is 5.66. The van der Waals surface area contributed by atoms with Crippen molar-refractivity contribution in [3.05, 3.63) is 66.0 Å². The molecule has 2 rings (SSSR count). The minimum atomic E-state index is -0.0295. The van der Waals surface area contributed by atoms with Gasteiger partial charge in [-0.25, -0.2) is 0 Å². The zero-order valence-electron chi connectivity index (χ0n) is 12.3. The molecule has 1 atom stereocenters. The summed E-state index contributed by atoms with van der Waals surface area (Å²) in [5.41, 5.74) is 8.53. The number of hydrogen-bond acceptors (Lipinski definition) is 3. The number of likely N-dealkylation sites (N-methyl/N-ethyl adjacent to an activating group) is 1. The standard InChI is InChI=1S/C17H23N3/c1-17(13-18,16-8-4-3-5-9-16)14-20(2)12-15-7-6-10-19-11-15/h3-11H,12-14,18H2,1-2H3. The van der Waals surface area contributed by atoms with Crippen LogP contribution in [0.1, 0.15) is 18.1 Å². The highest BCUT2D eigenvalue weighted by molar-refractivity contribution is 5.25. The average molecular weight is 269 g/mol. The minimum absolute atomic E-state index is 0.0295. The lowest BCUT2D eigenvalue weighted by Gasteiger charge is -2.33. The molecule has 1 aromatic carbocycles. The normalized spacial score (nSPS) is 14.2. The van der Waals surface area contributed by atoms with Gasteiger partial charge in [-0.3, -0.25) is 4.98 Å². The fourth-order valence-corrected chi connectivity index (χ4v) is 2.57. The molecule has 0 amide bonds. The zero-order chi connectivity index (χ0) is 14.4. The van der Waals surface area contributed by atoms with Gasteiger partial charge in [0, 0.05) is 37.4 Å². The van der Waals surface area contributed by atoms with E-state index in [0.29, 0.717) is 6.54 Å². The summed E-state index contributed by atoms with van der Waals surface area (Å²) in [4.78, 5) is 6.46. The summed E-state index contributed by atoms with van der Waals surface area (Å²) >= 11 is 0. The van der Waals surface area contributed by atoms with E-state index in [2.05, 4.69) is 54.2 Å². The van der Waals surface area contributed by atoms with Crippen molar-refractivity contribution in [2.45, 2.75) is 18.9 Å². The summed E-state index contributed by atoms with van der Waals surface area (Å²) in [7, 11) is 2.13. The molecule has 0 fully saturated rings. The molecule has 0 bridgehead atoms. The van der Waals surface area contributed by atoms with Crippen molar-refractivity contribution in [2.24, 2.45) is 5.73 Å². The van der Waals surface area contributed by atoms with Crippen LogP contribution in [-0.4, -0.2) is 30.0 Å². The van der Waals surface area contributed by atoms with Crippen LogP contribution in [0.2, 0.25) is 0 Å². The van der Waals surface area contributed by atoms with Crippen LogP contribution in [0.3, 0.4) is 0 Å². The fourth-order valence-electron chi connectivity index (χ4n) is 2.57. The molecule has 0 radical (unpaired) electrons. The molecule has 2 N–H and O–H groups in total. The lowest BCUT2D eigenvalue weighted by atomic mass is 9.82. The lowest BCUT2D eigenvalue weighted by Crippen LogP contribution is -2.42. The van der Waals surface area contributed by atoms with Gasteiger partial charge in [0.1, 0.15) is 0 Å². The van der Waals surface area contributed by atoms with Gasteiger partial charge in [-0.15, -0.1) is 0 Å². The first-order chi connectivity index (χ1) is 9.64. The molecule has 0 spiro atoms. The number of benzene rings is 1. The molecule has 1 aromatic heterocycles. The van der Waals surface area contributed by atoms with Crippen LogP contribution in [0.4, 0.5) is 0 Å². The Bertz CT molecular complexity index is 512. The Morgan fingerprint density at radius 1 is 1.15 bits per heavy atom. The average Bonchev–Trinajstić information content (AvgIpc) is 2.49. The number of nitrogens with two attached hydrogens (primary N) is 1. The first-order valence-electron chi connectivity index (χ1n) is 6.97. The molecule has 0 aliphatic carbocycles. The Kier molecular flexibility index (Phi) is 4.88. The number of pyridine rings is 1. The summed E-state index contributed by atoms with van der Waals surface area (Å²) < 4.78 is 0. The van der Waals surface area contributed by atoms with Crippen molar-refractivity contribution in [1.29, 1.82) is 0 Å². The van der Waals surface area contributed by atoms with E-state index in [1.54, 1.807) is 6.20 Å². The van der Waals surface area contributed by atoms with E-state index in [9.17, 15) is 0 Å². The van der Waals surface area contributed by atoms with E-state index in [1.165, 1.54) is 11.1 Å². The largest absolute Gasteiger partial charge is 0.330 e. The monoisotopic (exact) mass is 269 g/mol. The maximum atomic E-state index is 6.04. The Labute approximate surface area is 121 Å². The second-order valence-electron chi connectivity index (χ2n) is 5.66. The molecule has 3 heteroatoms. The molecular formula is C17H23N3. The van der Waals surface area contributed by atoms with Crippen molar-refractivity contribution in [1.82, 2.24) is 9.88 Å². The lowest BCUT2D eigenvalue weighted by molar-refractivity contribution is 0.252. The molecule has 1 unspecified atom stereocenters. The zero-order valence-corrected chi connectivity index (χ0v) is 12.3. The molecule has 0 aliphatic rings. The molecule has 0 saturated heterocycles. The topological polar surface area (TPSA) is 42.2 Å². The second kappa shape index (κ2) is 6.64. The Morgan fingerprint density at radius 3 is 2.50 bits per heavy atom. The van der Waals surface area contributed by atoms with Gasteiger partial charge in [-0.05, 0) is 24.2 Å². The number of rotatable bonds is 6. The van der Waals surface area contributed by atoms with Gasteiger partial charge >= 0.3 is 0 Å². The van der Waals surface area contributed by atoms with Crippen molar-refractivity contribution < 1.29 is 0 Å². The Hall–Kier alpha value is -1.71. The van der Waals surface area contributed by atoms with E-state index >= 15 is 0 Å². The molecule has 0 saturated carbocycles. The van der Waals surface area contributed by atoms with E-state index in [4.69, 9.17) is 5.73 Å². The third-order valence-electron chi connectivity index (χ3n) is 3.72. The quantitative estimate of drug-likeness (QED) is 0.876. The maximum Gasteiger partial charge on any atom is 0.0312 e. The van der Waals surface area contributed by atoms with E-state index in [0.717, 1.165) is 13.1 Å². The van der Waals surface area contributed by atoms with Gasteiger partial charge in [-0.2, -0.15) is 0 Å².